The van der Waals surface area contributed by atoms with E-state index in [-0.39, 0.29) is 18.6 Å². The van der Waals surface area contributed by atoms with Crippen molar-refractivity contribution in [1.29, 1.82) is 0 Å². The Bertz CT molecular complexity index is 875. The van der Waals surface area contributed by atoms with Crippen LogP contribution in [0.15, 0.2) is 42.5 Å². The molecule has 2 aromatic rings. The first-order valence-electron chi connectivity index (χ1n) is 9.14. The molecule has 1 saturated heterocycles. The Morgan fingerprint density at radius 3 is 2.64 bits per heavy atom. The lowest BCUT2D eigenvalue weighted by Gasteiger charge is -2.36. The van der Waals surface area contributed by atoms with Crippen LogP contribution in [0.3, 0.4) is 0 Å². The first kappa shape index (κ1) is 19.6. The molecule has 0 atom stereocenters. The summed E-state index contributed by atoms with van der Waals surface area (Å²) in [4.78, 5) is 28.1. The summed E-state index contributed by atoms with van der Waals surface area (Å²) in [5.41, 5.74) is 1.63. The van der Waals surface area contributed by atoms with E-state index in [0.717, 1.165) is 12.1 Å². The van der Waals surface area contributed by atoms with Crippen LogP contribution in [0, 0.1) is 11.6 Å². The van der Waals surface area contributed by atoms with Gasteiger partial charge in [0.05, 0.1) is 11.4 Å². The van der Waals surface area contributed by atoms with Gasteiger partial charge in [-0.3, -0.25) is 4.90 Å². The molecule has 6 nitrogen and oxygen atoms in total. The number of carbonyl (C=O) groups is 2. The lowest BCUT2D eigenvalue weighted by Crippen LogP contribution is -2.49. The van der Waals surface area contributed by atoms with Gasteiger partial charge in [-0.2, -0.15) is 0 Å². The molecule has 1 aliphatic heterocycles. The molecule has 2 aromatic carbocycles. The largest absolute Gasteiger partial charge is 0.338 e. The maximum atomic E-state index is 13.5. The van der Waals surface area contributed by atoms with Crippen molar-refractivity contribution in [3.05, 3.63) is 59.7 Å². The van der Waals surface area contributed by atoms with Crippen LogP contribution < -0.4 is 15.5 Å². The first-order valence-corrected chi connectivity index (χ1v) is 9.14. The molecule has 28 heavy (non-hydrogen) atoms. The van der Waals surface area contributed by atoms with Gasteiger partial charge in [0.2, 0.25) is 0 Å². The summed E-state index contributed by atoms with van der Waals surface area (Å²) in [6, 6.07) is 10.1. The van der Waals surface area contributed by atoms with Crippen LogP contribution in [-0.2, 0) is 6.54 Å². The summed E-state index contributed by atoms with van der Waals surface area (Å²) < 4.78 is 26.6. The van der Waals surface area contributed by atoms with E-state index in [9.17, 15) is 18.4 Å². The van der Waals surface area contributed by atoms with Gasteiger partial charge < -0.3 is 15.5 Å². The van der Waals surface area contributed by atoms with Gasteiger partial charge in [-0.1, -0.05) is 18.2 Å². The quantitative estimate of drug-likeness (QED) is 0.815. The summed E-state index contributed by atoms with van der Waals surface area (Å²) in [6.07, 6.45) is 0.713. The Balaban J connectivity index is 1.79. The molecule has 0 aliphatic carbocycles. The molecule has 0 radical (unpaired) electrons. The van der Waals surface area contributed by atoms with Gasteiger partial charge >= 0.3 is 12.1 Å². The molecule has 0 aromatic heterocycles. The second-order valence-electron chi connectivity index (χ2n) is 6.46. The van der Waals surface area contributed by atoms with Gasteiger partial charge in [-0.05, 0) is 43.2 Å². The number of halogens is 2. The molecule has 0 spiro atoms. The van der Waals surface area contributed by atoms with Crippen LogP contribution in [0.5, 0.6) is 0 Å². The van der Waals surface area contributed by atoms with Gasteiger partial charge in [-0.15, -0.1) is 0 Å². The minimum Gasteiger partial charge on any atom is -0.338 e. The number of anilines is 2. The van der Waals surface area contributed by atoms with Crippen molar-refractivity contribution in [3.63, 3.8) is 0 Å². The van der Waals surface area contributed by atoms with E-state index in [1.165, 1.54) is 6.07 Å². The molecule has 148 valence electrons. The predicted molar refractivity (Wildman–Crippen MR) is 103 cm³/mol. The fraction of sp³-hybridized carbons (Fsp3) is 0.300. The first-order chi connectivity index (χ1) is 13.5. The molecule has 2 N–H and O–H groups in total. The van der Waals surface area contributed by atoms with Crippen molar-refractivity contribution < 1.29 is 18.4 Å². The molecule has 4 amide bonds. The Labute approximate surface area is 162 Å². The number of carbonyl (C=O) groups excluding carboxylic acids is 2. The average molecular weight is 388 g/mol. The lowest BCUT2D eigenvalue weighted by molar-refractivity contribution is 0.192. The number of rotatable bonds is 5. The summed E-state index contributed by atoms with van der Waals surface area (Å²) >= 11 is 0. The zero-order chi connectivity index (χ0) is 20.1. The smallest absolute Gasteiger partial charge is 0.324 e. The highest BCUT2D eigenvalue weighted by molar-refractivity contribution is 6.00. The Morgan fingerprint density at radius 2 is 1.89 bits per heavy atom. The number of para-hydroxylation sites is 2. The Kier molecular flexibility index (Phi) is 6.08. The molecular weight excluding hydrogens is 366 g/mol. The highest BCUT2D eigenvalue weighted by atomic mass is 19.2. The van der Waals surface area contributed by atoms with Crippen LogP contribution >= 0.6 is 0 Å². The van der Waals surface area contributed by atoms with E-state index in [2.05, 4.69) is 10.6 Å². The molecular formula is C20H22F2N4O2. The number of hydrogen-bond acceptors (Lipinski definition) is 2. The van der Waals surface area contributed by atoms with E-state index in [0.29, 0.717) is 43.0 Å². The number of nitrogens with one attached hydrogen (secondary N) is 2. The molecule has 0 bridgehead atoms. The van der Waals surface area contributed by atoms with E-state index >= 15 is 0 Å². The zero-order valence-electron chi connectivity index (χ0n) is 15.5. The monoisotopic (exact) mass is 388 g/mol. The fourth-order valence-electron chi connectivity index (χ4n) is 3.15. The number of urea groups is 2. The number of benzene rings is 2. The number of hydrogen-bond donors (Lipinski definition) is 2. The van der Waals surface area contributed by atoms with Gasteiger partial charge in [0.1, 0.15) is 0 Å². The SMILES string of the molecule is CCNC(=O)Nc1ccccc1N1CCCN(Cc2ccc(F)c(F)c2)C1=O. The second-order valence-corrected chi connectivity index (χ2v) is 6.46. The van der Waals surface area contributed by atoms with Crippen LogP contribution in [0.2, 0.25) is 0 Å². The van der Waals surface area contributed by atoms with E-state index in [4.69, 9.17) is 0 Å². The maximum absolute atomic E-state index is 13.5. The predicted octanol–water partition coefficient (Wildman–Crippen LogP) is 3.94. The normalized spacial score (nSPS) is 14.2. The standard InChI is InChI=1S/C20H22F2N4O2/c1-2-23-19(27)24-17-6-3-4-7-18(17)26-11-5-10-25(20(26)28)13-14-8-9-15(21)16(22)12-14/h3-4,6-9,12H,2,5,10-11,13H2,1H3,(H2,23,24,27). The van der Waals surface area contributed by atoms with E-state index in [1.54, 1.807) is 34.1 Å². The van der Waals surface area contributed by atoms with Crippen molar-refractivity contribution in [1.82, 2.24) is 10.2 Å². The van der Waals surface area contributed by atoms with Crippen molar-refractivity contribution in [2.45, 2.75) is 19.9 Å². The van der Waals surface area contributed by atoms with Crippen molar-refractivity contribution in [2.75, 3.05) is 29.9 Å². The molecule has 8 heteroatoms. The van der Waals surface area contributed by atoms with Crippen molar-refractivity contribution >= 4 is 23.4 Å². The van der Waals surface area contributed by atoms with Gasteiger partial charge in [-0.25, -0.2) is 18.4 Å². The Morgan fingerprint density at radius 1 is 1.11 bits per heavy atom. The van der Waals surface area contributed by atoms with Gasteiger partial charge in [0.15, 0.2) is 11.6 Å². The lowest BCUT2D eigenvalue weighted by atomic mass is 10.1. The average Bonchev–Trinajstić information content (AvgIpc) is 2.67. The third-order valence-electron chi connectivity index (χ3n) is 4.45. The summed E-state index contributed by atoms with van der Waals surface area (Å²) in [5, 5.41) is 5.41. The van der Waals surface area contributed by atoms with E-state index < -0.39 is 11.6 Å². The molecule has 0 saturated carbocycles. The van der Waals surface area contributed by atoms with Crippen molar-refractivity contribution in [2.24, 2.45) is 0 Å². The minimum atomic E-state index is -0.935. The van der Waals surface area contributed by atoms with Gasteiger partial charge in [0, 0.05) is 26.2 Å². The summed E-state index contributed by atoms with van der Waals surface area (Å²) in [6.45, 7) is 3.49. The van der Waals surface area contributed by atoms with Crippen LogP contribution in [0.1, 0.15) is 18.9 Å². The Hall–Kier alpha value is -3.16. The number of amides is 4. The maximum Gasteiger partial charge on any atom is 0.324 e. The molecule has 0 unspecified atom stereocenters. The third kappa shape index (κ3) is 4.39. The van der Waals surface area contributed by atoms with Crippen LogP contribution in [-0.4, -0.2) is 36.6 Å². The minimum absolute atomic E-state index is 0.179. The molecule has 1 aliphatic rings. The van der Waals surface area contributed by atoms with Crippen molar-refractivity contribution in [3.8, 4) is 0 Å². The fourth-order valence-corrected chi connectivity index (χ4v) is 3.15. The van der Waals surface area contributed by atoms with Crippen LogP contribution in [0.25, 0.3) is 0 Å². The summed E-state index contributed by atoms with van der Waals surface area (Å²) in [7, 11) is 0. The highest BCUT2D eigenvalue weighted by Crippen LogP contribution is 2.29. The topological polar surface area (TPSA) is 64.7 Å². The summed E-state index contributed by atoms with van der Waals surface area (Å²) in [5.74, 6) is -1.85. The highest BCUT2D eigenvalue weighted by Gasteiger charge is 2.28. The third-order valence-corrected chi connectivity index (χ3v) is 4.45. The molecule has 1 fully saturated rings. The van der Waals surface area contributed by atoms with E-state index in [1.807, 2.05) is 6.92 Å². The molecule has 3 rings (SSSR count). The van der Waals surface area contributed by atoms with Gasteiger partial charge in [0.25, 0.3) is 0 Å². The zero-order valence-corrected chi connectivity index (χ0v) is 15.5. The molecule has 1 heterocycles. The van der Waals surface area contributed by atoms with Crippen LogP contribution in [0.4, 0.5) is 29.7 Å². The second kappa shape index (κ2) is 8.69. The number of nitrogens with zero attached hydrogens (tertiary/aromatic N) is 2.